The Kier molecular flexibility index (Phi) is 6.17. The van der Waals surface area contributed by atoms with Crippen LogP contribution in [0, 0.1) is 21.4 Å². The summed E-state index contributed by atoms with van der Waals surface area (Å²) in [6.07, 6.45) is 2.24. The first kappa shape index (κ1) is 19.5. The predicted octanol–water partition coefficient (Wildman–Crippen LogP) is 3.97. The zero-order valence-electron chi connectivity index (χ0n) is 13.9. The van der Waals surface area contributed by atoms with Gasteiger partial charge in [0, 0.05) is 5.56 Å². The van der Waals surface area contributed by atoms with Crippen molar-refractivity contribution in [1.29, 1.82) is 5.26 Å². The number of halogens is 2. The van der Waals surface area contributed by atoms with Crippen LogP contribution in [0.15, 0.2) is 42.5 Å². The van der Waals surface area contributed by atoms with Gasteiger partial charge in [-0.25, -0.2) is 0 Å². The van der Waals surface area contributed by atoms with Crippen LogP contribution in [0.25, 0.3) is 6.08 Å². The number of methoxy groups -OCH3 is 1. The van der Waals surface area contributed by atoms with Crippen molar-refractivity contribution in [2.75, 3.05) is 7.11 Å². The third-order valence-electron chi connectivity index (χ3n) is 3.42. The van der Waals surface area contributed by atoms with Crippen molar-refractivity contribution < 1.29 is 28.0 Å². The highest BCUT2D eigenvalue weighted by atomic mass is 19.3. The van der Waals surface area contributed by atoms with E-state index in [4.69, 9.17) is 10.00 Å². The molecule has 0 saturated heterocycles. The zero-order valence-corrected chi connectivity index (χ0v) is 13.9. The van der Waals surface area contributed by atoms with E-state index in [1.54, 1.807) is 0 Å². The van der Waals surface area contributed by atoms with Crippen LogP contribution in [0.1, 0.15) is 21.5 Å². The number of benzene rings is 2. The summed E-state index contributed by atoms with van der Waals surface area (Å²) in [6, 6.07) is 9.73. The van der Waals surface area contributed by atoms with E-state index in [2.05, 4.69) is 4.74 Å². The second-order valence-electron chi connectivity index (χ2n) is 5.09. The van der Waals surface area contributed by atoms with Gasteiger partial charge in [0.25, 0.3) is 5.69 Å². The normalized spacial score (nSPS) is 10.6. The number of ketones is 1. The van der Waals surface area contributed by atoms with Gasteiger partial charge in [-0.2, -0.15) is 14.0 Å². The van der Waals surface area contributed by atoms with Gasteiger partial charge in [0.2, 0.25) is 0 Å². The number of ether oxygens (including phenoxy) is 2. The molecule has 2 aromatic carbocycles. The van der Waals surface area contributed by atoms with Gasteiger partial charge >= 0.3 is 6.61 Å². The van der Waals surface area contributed by atoms with Crippen LogP contribution in [0.2, 0.25) is 0 Å². The molecular formula is C18H12F2N2O5. The molecule has 0 spiro atoms. The predicted molar refractivity (Wildman–Crippen MR) is 90.8 cm³/mol. The van der Waals surface area contributed by atoms with Gasteiger partial charge in [-0.15, -0.1) is 0 Å². The van der Waals surface area contributed by atoms with Crippen molar-refractivity contribution in [3.05, 3.63) is 69.3 Å². The number of carbonyl (C=O) groups is 1. The first-order chi connectivity index (χ1) is 12.8. The molecule has 27 heavy (non-hydrogen) atoms. The quantitative estimate of drug-likeness (QED) is 0.314. The van der Waals surface area contributed by atoms with Crippen molar-refractivity contribution >= 4 is 17.5 Å². The van der Waals surface area contributed by atoms with E-state index >= 15 is 0 Å². The Hall–Kier alpha value is -3.80. The Morgan fingerprint density at radius 3 is 2.63 bits per heavy atom. The lowest BCUT2D eigenvalue weighted by atomic mass is 10.1. The van der Waals surface area contributed by atoms with E-state index in [0.29, 0.717) is 0 Å². The lowest BCUT2D eigenvalue weighted by Gasteiger charge is -2.10. The van der Waals surface area contributed by atoms with E-state index in [9.17, 15) is 23.7 Å². The number of nitrogens with zero attached hydrogens (tertiary/aromatic N) is 2. The van der Waals surface area contributed by atoms with E-state index in [1.165, 1.54) is 31.4 Å². The molecule has 0 aliphatic carbocycles. The Morgan fingerprint density at radius 1 is 1.30 bits per heavy atom. The van der Waals surface area contributed by atoms with Crippen LogP contribution < -0.4 is 9.47 Å². The van der Waals surface area contributed by atoms with Crippen LogP contribution in [0.3, 0.4) is 0 Å². The van der Waals surface area contributed by atoms with Crippen LogP contribution in [-0.4, -0.2) is 24.4 Å². The molecule has 0 aliphatic heterocycles. The molecule has 0 saturated carbocycles. The molecule has 0 fully saturated rings. The molecule has 138 valence electrons. The van der Waals surface area contributed by atoms with Gasteiger partial charge < -0.3 is 9.47 Å². The molecule has 9 heteroatoms. The van der Waals surface area contributed by atoms with Gasteiger partial charge in [-0.3, -0.25) is 14.9 Å². The number of hydrogen-bond acceptors (Lipinski definition) is 6. The molecule has 2 aromatic rings. The molecule has 0 heterocycles. The Morgan fingerprint density at radius 2 is 2.04 bits per heavy atom. The highest BCUT2D eigenvalue weighted by molar-refractivity contribution is 6.07. The molecule has 0 N–H and O–H groups in total. The Labute approximate surface area is 152 Å². The number of nitro benzene ring substituents is 1. The monoisotopic (exact) mass is 374 g/mol. The van der Waals surface area contributed by atoms with Gasteiger partial charge in [0.1, 0.15) is 0 Å². The van der Waals surface area contributed by atoms with Crippen molar-refractivity contribution in [1.82, 2.24) is 0 Å². The number of nitro groups is 1. The first-order valence-electron chi connectivity index (χ1n) is 7.39. The minimum Gasteiger partial charge on any atom is -0.493 e. The molecule has 0 atom stereocenters. The van der Waals surface area contributed by atoms with E-state index in [0.717, 1.165) is 24.3 Å². The van der Waals surface area contributed by atoms with Crippen LogP contribution in [0.5, 0.6) is 11.5 Å². The van der Waals surface area contributed by atoms with Gasteiger partial charge in [0.05, 0.1) is 35.3 Å². The molecule has 0 radical (unpaired) electrons. The molecule has 0 unspecified atom stereocenters. The summed E-state index contributed by atoms with van der Waals surface area (Å²) in [5.41, 5.74) is -0.0718. The highest BCUT2D eigenvalue weighted by Crippen LogP contribution is 2.36. The lowest BCUT2D eigenvalue weighted by molar-refractivity contribution is -0.385. The van der Waals surface area contributed by atoms with Gasteiger partial charge in [0.15, 0.2) is 17.3 Å². The summed E-state index contributed by atoms with van der Waals surface area (Å²) in [4.78, 5) is 22.6. The average molecular weight is 374 g/mol. The molecule has 0 bridgehead atoms. The van der Waals surface area contributed by atoms with Crippen molar-refractivity contribution in [2.24, 2.45) is 0 Å². The summed E-state index contributed by atoms with van der Waals surface area (Å²) in [5.74, 6) is -1.14. The van der Waals surface area contributed by atoms with Crippen LogP contribution >= 0.6 is 0 Å². The Balaban J connectivity index is 2.41. The molecule has 7 nitrogen and oxygen atoms in total. The number of hydrogen-bond donors (Lipinski definition) is 0. The van der Waals surface area contributed by atoms with Crippen molar-refractivity contribution in [2.45, 2.75) is 6.61 Å². The second kappa shape index (κ2) is 8.53. The first-order valence-corrected chi connectivity index (χ1v) is 7.39. The number of carbonyl (C=O) groups excluding carboxylic acids is 1. The molecule has 2 rings (SSSR count). The number of rotatable bonds is 7. The van der Waals surface area contributed by atoms with E-state index in [-0.39, 0.29) is 22.4 Å². The third-order valence-corrected chi connectivity index (χ3v) is 3.42. The molecule has 0 aromatic heterocycles. The molecule has 0 amide bonds. The average Bonchev–Trinajstić information content (AvgIpc) is 2.65. The molecule has 0 aliphatic rings. The third kappa shape index (κ3) is 4.85. The smallest absolute Gasteiger partial charge is 0.387 e. The largest absolute Gasteiger partial charge is 0.493 e. The van der Waals surface area contributed by atoms with Crippen LogP contribution in [0.4, 0.5) is 14.5 Å². The number of allylic oxidation sites excluding steroid dienone is 1. The summed E-state index contributed by atoms with van der Waals surface area (Å²) in [7, 11) is 1.19. The fourth-order valence-electron chi connectivity index (χ4n) is 2.21. The SMILES string of the molecule is COc1cc(/C=C/C(=O)c2cccc(C#N)c2)c([N+](=O)[O-])cc1OC(F)F. The number of alkyl halides is 2. The lowest BCUT2D eigenvalue weighted by Crippen LogP contribution is -2.05. The Bertz CT molecular complexity index is 951. The van der Waals surface area contributed by atoms with Gasteiger partial charge in [-0.1, -0.05) is 12.1 Å². The summed E-state index contributed by atoms with van der Waals surface area (Å²) in [6.45, 7) is -3.19. The van der Waals surface area contributed by atoms with Gasteiger partial charge in [-0.05, 0) is 30.4 Å². The van der Waals surface area contributed by atoms with E-state index in [1.807, 2.05) is 6.07 Å². The summed E-state index contributed by atoms with van der Waals surface area (Å²) >= 11 is 0. The maximum absolute atomic E-state index is 12.4. The fourth-order valence-corrected chi connectivity index (χ4v) is 2.21. The molecular weight excluding hydrogens is 362 g/mol. The second-order valence-corrected chi connectivity index (χ2v) is 5.09. The van der Waals surface area contributed by atoms with Crippen molar-refractivity contribution in [3.63, 3.8) is 0 Å². The maximum atomic E-state index is 12.4. The number of nitriles is 1. The van der Waals surface area contributed by atoms with Crippen LogP contribution in [-0.2, 0) is 0 Å². The minimum atomic E-state index is -3.19. The summed E-state index contributed by atoms with van der Waals surface area (Å²) < 4.78 is 34.0. The standard InChI is InChI=1S/C18H12F2N2O5/c1-26-16-8-12(14(22(24)25)9-17(16)27-18(19)20)5-6-15(23)13-4-2-3-11(7-13)10-21/h2-9,18H,1H3/b6-5+. The summed E-state index contributed by atoms with van der Waals surface area (Å²) in [5, 5.41) is 20.1. The zero-order chi connectivity index (χ0) is 20.0. The minimum absolute atomic E-state index is 0.0387. The topological polar surface area (TPSA) is 102 Å². The maximum Gasteiger partial charge on any atom is 0.387 e. The van der Waals surface area contributed by atoms with E-state index < -0.39 is 28.8 Å². The highest BCUT2D eigenvalue weighted by Gasteiger charge is 2.20. The fraction of sp³-hybridized carbons (Fsp3) is 0.111. The van der Waals surface area contributed by atoms with Crippen molar-refractivity contribution in [3.8, 4) is 17.6 Å².